The van der Waals surface area contributed by atoms with Crippen LogP contribution in [0.5, 0.6) is 0 Å². The molecule has 0 aromatic rings. The van der Waals surface area contributed by atoms with E-state index in [1.54, 1.807) is 0 Å². The molecular formula is C6H13GeI3. The number of halogens is 3. The van der Waals surface area contributed by atoms with Gasteiger partial charge >= 0.3 is 102 Å². The molecule has 0 amide bonds. The first-order valence-corrected chi connectivity index (χ1v) is 24.3. The van der Waals surface area contributed by atoms with Gasteiger partial charge in [0, 0.05) is 0 Å². The predicted octanol–water partition coefficient (Wildman–Crippen LogP) is 4.81. The van der Waals surface area contributed by atoms with Crippen molar-refractivity contribution in [3.8, 4) is 0 Å². The molecule has 0 aliphatic rings. The van der Waals surface area contributed by atoms with Gasteiger partial charge in [0.15, 0.2) is 0 Å². The monoisotopic (exact) mass is 540 g/mol. The summed E-state index contributed by atoms with van der Waals surface area (Å²) >= 11 is 8.07. The van der Waals surface area contributed by atoms with Crippen LogP contribution in [0.25, 0.3) is 0 Å². The zero-order valence-electron chi connectivity index (χ0n) is 6.17. The summed E-state index contributed by atoms with van der Waals surface area (Å²) in [5, 5.41) is 1.53. The summed E-state index contributed by atoms with van der Waals surface area (Å²) in [6.07, 6.45) is 5.73. The Kier molecular flexibility index (Phi) is 9.13. The molecule has 0 aromatic carbocycles. The van der Waals surface area contributed by atoms with Crippen molar-refractivity contribution in [1.29, 1.82) is 0 Å². The summed E-state index contributed by atoms with van der Waals surface area (Å²) in [4.78, 5) is 0. The molecule has 0 heterocycles. The van der Waals surface area contributed by atoms with E-state index < -0.39 is 3.34 Å². The maximum absolute atomic E-state index is 2.69. The van der Waals surface area contributed by atoms with Gasteiger partial charge in [-0.25, -0.2) is 0 Å². The fourth-order valence-electron chi connectivity index (χ4n) is 0.752. The third-order valence-corrected chi connectivity index (χ3v) is 11.7. The van der Waals surface area contributed by atoms with Crippen molar-refractivity contribution in [1.82, 2.24) is 0 Å². The zero-order valence-corrected chi connectivity index (χ0v) is 14.7. The van der Waals surface area contributed by atoms with Gasteiger partial charge < -0.3 is 0 Å². The van der Waals surface area contributed by atoms with E-state index in [4.69, 9.17) is 0 Å². The second-order valence-corrected chi connectivity index (χ2v) is 66.9. The minimum absolute atomic E-state index is 1.24. The summed E-state index contributed by atoms with van der Waals surface area (Å²) in [6, 6.07) is 0. The van der Waals surface area contributed by atoms with Gasteiger partial charge in [-0.3, -0.25) is 0 Å². The molecule has 0 aliphatic heterocycles. The van der Waals surface area contributed by atoms with Gasteiger partial charge in [-0.1, -0.05) is 0 Å². The Labute approximate surface area is 99.9 Å². The topological polar surface area (TPSA) is 0 Å². The summed E-state index contributed by atoms with van der Waals surface area (Å²) in [7, 11) is 0. The van der Waals surface area contributed by atoms with E-state index in [1.807, 2.05) is 0 Å². The molecule has 0 aromatic heterocycles. The molecule has 0 radical (unpaired) electrons. The summed E-state index contributed by atoms with van der Waals surface area (Å²) in [5.41, 5.74) is 0. The Balaban J connectivity index is 3.04. The molecule has 0 bridgehead atoms. The average molecular weight is 538 g/mol. The van der Waals surface area contributed by atoms with Crippen molar-refractivity contribution in [3.05, 3.63) is 0 Å². The minimum atomic E-state index is -1.24. The molecule has 4 heteroatoms. The van der Waals surface area contributed by atoms with Crippen LogP contribution in [0.15, 0.2) is 0 Å². The van der Waals surface area contributed by atoms with Gasteiger partial charge in [-0.2, -0.15) is 0 Å². The van der Waals surface area contributed by atoms with Crippen molar-refractivity contribution >= 4 is 64.0 Å². The van der Waals surface area contributed by atoms with Gasteiger partial charge in [-0.15, -0.1) is 0 Å². The van der Waals surface area contributed by atoms with Gasteiger partial charge in [0.05, 0.1) is 0 Å². The van der Waals surface area contributed by atoms with Crippen LogP contribution in [0.2, 0.25) is 5.25 Å². The molecule has 0 rings (SSSR count). The van der Waals surface area contributed by atoms with Gasteiger partial charge in [0.25, 0.3) is 0 Å². The van der Waals surface area contributed by atoms with Gasteiger partial charge in [0.2, 0.25) is 0 Å². The molecule has 0 atom stereocenters. The van der Waals surface area contributed by atoms with Crippen LogP contribution >= 0.6 is 60.6 Å². The van der Waals surface area contributed by atoms with Crippen molar-refractivity contribution in [2.75, 3.05) is 0 Å². The molecule has 0 N–H and O–H groups in total. The van der Waals surface area contributed by atoms with E-state index >= 15 is 0 Å². The van der Waals surface area contributed by atoms with E-state index in [0.717, 1.165) is 0 Å². The van der Waals surface area contributed by atoms with Crippen LogP contribution in [-0.2, 0) is 0 Å². The van der Waals surface area contributed by atoms with Crippen molar-refractivity contribution in [2.24, 2.45) is 0 Å². The second kappa shape index (κ2) is 7.17. The molecule has 0 spiro atoms. The number of unbranched alkanes of at least 4 members (excludes halogenated alkanes) is 3. The first-order valence-electron chi connectivity index (χ1n) is 3.63. The summed E-state index contributed by atoms with van der Waals surface area (Å²) < 4.78 is -1.24. The number of hydrogen-bond donors (Lipinski definition) is 0. The second-order valence-electron chi connectivity index (χ2n) is 2.43. The van der Waals surface area contributed by atoms with Gasteiger partial charge in [-0.05, 0) is 0 Å². The Morgan fingerprint density at radius 1 is 1.00 bits per heavy atom. The fourth-order valence-corrected chi connectivity index (χ4v) is 8.06. The van der Waals surface area contributed by atoms with Crippen LogP contribution in [0.1, 0.15) is 32.6 Å². The van der Waals surface area contributed by atoms with Crippen molar-refractivity contribution < 1.29 is 0 Å². The molecule has 0 saturated carbocycles. The van der Waals surface area contributed by atoms with Crippen LogP contribution in [0, 0.1) is 0 Å². The van der Waals surface area contributed by atoms with E-state index in [2.05, 4.69) is 67.6 Å². The molecule has 10 heavy (non-hydrogen) atoms. The standard InChI is InChI=1S/C6H13GeI3/c1-2-3-4-5-6-7(8,9)10/h2-6H2,1H3. The molecule has 0 aliphatic carbocycles. The third-order valence-electron chi connectivity index (χ3n) is 1.31. The third kappa shape index (κ3) is 10.7. The zero-order chi connectivity index (χ0) is 8.04. The number of hydrogen-bond acceptors (Lipinski definition) is 0. The van der Waals surface area contributed by atoms with E-state index in [-0.39, 0.29) is 0 Å². The summed E-state index contributed by atoms with van der Waals surface area (Å²) in [5.74, 6) is 0. The van der Waals surface area contributed by atoms with Crippen molar-refractivity contribution in [2.45, 2.75) is 37.9 Å². The molecule has 0 unspecified atom stereocenters. The van der Waals surface area contributed by atoms with E-state index in [1.165, 1.54) is 30.9 Å². The first-order chi connectivity index (χ1) is 4.56. The Morgan fingerprint density at radius 2 is 1.60 bits per heavy atom. The Hall–Kier alpha value is 2.73. The molecule has 0 nitrogen and oxygen atoms in total. The summed E-state index contributed by atoms with van der Waals surface area (Å²) in [6.45, 7) is 2.27. The van der Waals surface area contributed by atoms with E-state index in [9.17, 15) is 0 Å². The Morgan fingerprint density at radius 3 is 2.00 bits per heavy atom. The van der Waals surface area contributed by atoms with Gasteiger partial charge in [0.1, 0.15) is 0 Å². The SMILES string of the molecule is CCCCC[CH2][Ge]([I])([I])[I]. The normalized spacial score (nSPS) is 12.0. The number of rotatable bonds is 5. The average Bonchev–Trinajstić information content (AvgIpc) is 1.78. The Bertz CT molecular complexity index is 79.6. The van der Waals surface area contributed by atoms with Crippen LogP contribution in [0.3, 0.4) is 0 Å². The first kappa shape index (κ1) is 12.7. The molecule has 0 fully saturated rings. The maximum atomic E-state index is 2.69. The van der Waals surface area contributed by atoms with Crippen LogP contribution < -0.4 is 0 Å². The molecule has 62 valence electrons. The molecule has 0 saturated heterocycles. The predicted molar refractivity (Wildman–Crippen MR) is 76.8 cm³/mol. The quantitative estimate of drug-likeness (QED) is 0.268. The fraction of sp³-hybridized carbons (Fsp3) is 1.00. The van der Waals surface area contributed by atoms with Crippen LogP contribution in [-0.4, -0.2) is 3.34 Å². The van der Waals surface area contributed by atoms with Crippen LogP contribution in [0.4, 0.5) is 0 Å². The molecular weight excluding hydrogens is 525 g/mol. The van der Waals surface area contributed by atoms with Crippen molar-refractivity contribution in [3.63, 3.8) is 0 Å². The van der Waals surface area contributed by atoms with E-state index in [0.29, 0.717) is 0 Å².